The Hall–Kier alpha value is -0.570. The molecule has 0 unspecified atom stereocenters. The van der Waals surface area contributed by atoms with Gasteiger partial charge in [-0.05, 0) is 12.1 Å². The molecular weight excluding hydrogens is 184 g/mol. The van der Waals surface area contributed by atoms with Gasteiger partial charge in [-0.3, -0.25) is 4.90 Å². The minimum Gasteiger partial charge on any atom is -0.337 e. The highest BCUT2D eigenvalue weighted by atomic mass is 35.5. The number of nitrogens with two attached hydrogens (primary N) is 1. The van der Waals surface area contributed by atoms with Crippen LogP contribution >= 0.6 is 11.6 Å². The Kier molecular flexibility index (Phi) is 2.83. The van der Waals surface area contributed by atoms with Crippen molar-refractivity contribution in [2.24, 2.45) is 0 Å². The maximum Gasteiger partial charge on any atom is 0.132 e. The van der Waals surface area contributed by atoms with Gasteiger partial charge in [-0.2, -0.15) is 0 Å². The molecule has 1 aromatic rings. The van der Waals surface area contributed by atoms with Gasteiger partial charge in [-0.15, -0.1) is 0 Å². The number of hydrogen-bond acceptors (Lipinski definition) is 0. The highest BCUT2D eigenvalue weighted by Gasteiger charge is 2.17. The van der Waals surface area contributed by atoms with E-state index in [4.69, 9.17) is 11.6 Å². The summed E-state index contributed by atoms with van der Waals surface area (Å²) in [6, 6.07) is 8.20. The Morgan fingerprint density at radius 1 is 1.08 bits per heavy atom. The van der Waals surface area contributed by atoms with Crippen molar-refractivity contribution in [3.63, 3.8) is 0 Å². The van der Waals surface area contributed by atoms with Crippen molar-refractivity contribution in [1.29, 1.82) is 0 Å². The van der Waals surface area contributed by atoms with Crippen LogP contribution in [-0.4, -0.2) is 26.2 Å². The van der Waals surface area contributed by atoms with Gasteiger partial charge in [0.2, 0.25) is 0 Å². The first kappa shape index (κ1) is 9.00. The third-order valence-corrected chi connectivity index (χ3v) is 2.80. The Labute approximate surface area is 83.5 Å². The van der Waals surface area contributed by atoms with E-state index in [1.165, 1.54) is 31.9 Å². The zero-order valence-electron chi connectivity index (χ0n) is 7.59. The van der Waals surface area contributed by atoms with Crippen molar-refractivity contribution in [3.8, 4) is 0 Å². The molecule has 1 aliphatic heterocycles. The molecule has 2 rings (SSSR count). The van der Waals surface area contributed by atoms with Crippen LogP contribution in [0.2, 0.25) is 5.02 Å². The van der Waals surface area contributed by atoms with E-state index < -0.39 is 0 Å². The second-order valence-corrected chi connectivity index (χ2v) is 3.91. The Balaban J connectivity index is 2.10. The van der Waals surface area contributed by atoms with E-state index >= 15 is 0 Å². The van der Waals surface area contributed by atoms with Gasteiger partial charge in [-0.25, -0.2) is 0 Å². The van der Waals surface area contributed by atoms with Crippen LogP contribution in [0.4, 0.5) is 5.69 Å². The first-order chi connectivity index (χ1) is 6.36. The van der Waals surface area contributed by atoms with E-state index in [0.717, 1.165) is 5.02 Å². The maximum absolute atomic E-state index is 5.84. The third kappa shape index (κ3) is 2.21. The highest BCUT2D eigenvalue weighted by Crippen LogP contribution is 2.09. The van der Waals surface area contributed by atoms with Gasteiger partial charge >= 0.3 is 0 Å². The molecule has 1 aromatic carbocycles. The molecule has 0 aromatic heterocycles. The van der Waals surface area contributed by atoms with Crippen LogP contribution in [0.15, 0.2) is 24.3 Å². The molecule has 0 aliphatic carbocycles. The van der Waals surface area contributed by atoms with Crippen LogP contribution < -0.4 is 10.2 Å². The third-order valence-electron chi connectivity index (χ3n) is 2.55. The number of quaternary nitrogens is 2. The van der Waals surface area contributed by atoms with Gasteiger partial charge in [0.25, 0.3) is 0 Å². The second kappa shape index (κ2) is 4.09. The molecule has 1 heterocycles. The summed E-state index contributed by atoms with van der Waals surface area (Å²) in [5.41, 5.74) is 1.37. The number of benzene rings is 1. The minimum atomic E-state index is 0.826. The highest BCUT2D eigenvalue weighted by molar-refractivity contribution is 6.30. The van der Waals surface area contributed by atoms with Crippen LogP contribution in [0, 0.1) is 0 Å². The van der Waals surface area contributed by atoms with E-state index in [1.54, 1.807) is 4.90 Å². The summed E-state index contributed by atoms with van der Waals surface area (Å²) in [5, 5.41) is 3.20. The lowest BCUT2D eigenvalue weighted by Crippen LogP contribution is -3.17. The summed E-state index contributed by atoms with van der Waals surface area (Å²) in [5.74, 6) is 0. The molecule has 1 fully saturated rings. The van der Waals surface area contributed by atoms with Crippen molar-refractivity contribution in [3.05, 3.63) is 29.3 Å². The molecule has 0 radical (unpaired) electrons. The standard InChI is InChI=1S/C10H13ClN2/c11-9-1-3-10(4-2-9)13-7-5-12-6-8-13/h1-4,12H,5-8H2/p+2. The fraction of sp³-hybridized carbons (Fsp3) is 0.400. The average molecular weight is 199 g/mol. The number of halogens is 1. The molecule has 3 N–H and O–H groups in total. The summed E-state index contributed by atoms with van der Waals surface area (Å²) in [4.78, 5) is 1.58. The summed E-state index contributed by atoms with van der Waals surface area (Å²) in [6.45, 7) is 4.92. The molecule has 0 bridgehead atoms. The van der Waals surface area contributed by atoms with Crippen molar-refractivity contribution >= 4 is 17.3 Å². The van der Waals surface area contributed by atoms with Gasteiger partial charge in [0, 0.05) is 17.2 Å². The molecule has 2 nitrogen and oxygen atoms in total. The Bertz CT molecular complexity index is 265. The van der Waals surface area contributed by atoms with E-state index in [0.29, 0.717) is 0 Å². The SMILES string of the molecule is Clc1ccc([NH+]2CC[NH2+]CC2)cc1. The van der Waals surface area contributed by atoms with Crippen molar-refractivity contribution in [2.75, 3.05) is 26.2 Å². The van der Waals surface area contributed by atoms with Crippen LogP contribution in [0.5, 0.6) is 0 Å². The average Bonchev–Trinajstić information content (AvgIpc) is 2.20. The molecular formula is C10H15ClN2+2. The van der Waals surface area contributed by atoms with Gasteiger partial charge in [-0.1, -0.05) is 11.6 Å². The zero-order chi connectivity index (χ0) is 9.10. The molecule has 1 aliphatic rings. The van der Waals surface area contributed by atoms with Gasteiger partial charge < -0.3 is 5.32 Å². The fourth-order valence-corrected chi connectivity index (χ4v) is 1.92. The van der Waals surface area contributed by atoms with Crippen LogP contribution in [-0.2, 0) is 0 Å². The van der Waals surface area contributed by atoms with E-state index in [-0.39, 0.29) is 0 Å². The lowest BCUT2D eigenvalue weighted by atomic mass is 10.2. The Morgan fingerprint density at radius 2 is 1.69 bits per heavy atom. The van der Waals surface area contributed by atoms with Gasteiger partial charge in [0.05, 0.1) is 0 Å². The molecule has 0 amide bonds. The molecule has 13 heavy (non-hydrogen) atoms. The number of rotatable bonds is 1. The summed E-state index contributed by atoms with van der Waals surface area (Å²) in [7, 11) is 0. The van der Waals surface area contributed by atoms with E-state index in [2.05, 4.69) is 17.4 Å². The quantitative estimate of drug-likeness (QED) is 0.604. The lowest BCUT2D eigenvalue weighted by molar-refractivity contribution is -0.895. The monoisotopic (exact) mass is 198 g/mol. The smallest absolute Gasteiger partial charge is 0.132 e. The Morgan fingerprint density at radius 3 is 2.31 bits per heavy atom. The summed E-state index contributed by atoms with van der Waals surface area (Å²) in [6.07, 6.45) is 0. The van der Waals surface area contributed by atoms with Crippen LogP contribution in [0.1, 0.15) is 0 Å². The van der Waals surface area contributed by atoms with Crippen LogP contribution in [0.25, 0.3) is 0 Å². The largest absolute Gasteiger partial charge is 0.337 e. The molecule has 0 saturated carbocycles. The van der Waals surface area contributed by atoms with E-state index in [9.17, 15) is 0 Å². The van der Waals surface area contributed by atoms with Crippen molar-refractivity contribution < 1.29 is 10.2 Å². The lowest BCUT2D eigenvalue weighted by Gasteiger charge is -2.21. The molecule has 0 atom stereocenters. The summed E-state index contributed by atoms with van der Waals surface area (Å²) >= 11 is 5.84. The number of hydrogen-bond donors (Lipinski definition) is 2. The molecule has 70 valence electrons. The second-order valence-electron chi connectivity index (χ2n) is 3.48. The predicted molar refractivity (Wildman–Crippen MR) is 53.5 cm³/mol. The van der Waals surface area contributed by atoms with Crippen molar-refractivity contribution in [1.82, 2.24) is 0 Å². The summed E-state index contributed by atoms with van der Waals surface area (Å²) < 4.78 is 0. The molecule has 0 spiro atoms. The topological polar surface area (TPSA) is 21.1 Å². The number of piperazine rings is 1. The first-order valence-corrected chi connectivity index (χ1v) is 5.16. The van der Waals surface area contributed by atoms with Gasteiger partial charge in [0.15, 0.2) is 0 Å². The predicted octanol–water partition coefficient (Wildman–Crippen LogP) is -0.567. The maximum atomic E-state index is 5.84. The molecule has 1 saturated heterocycles. The van der Waals surface area contributed by atoms with Crippen LogP contribution in [0.3, 0.4) is 0 Å². The van der Waals surface area contributed by atoms with E-state index in [1.807, 2.05) is 12.1 Å². The normalized spacial score (nSPS) is 18.8. The van der Waals surface area contributed by atoms with Crippen molar-refractivity contribution in [2.45, 2.75) is 0 Å². The molecule has 3 heteroatoms. The first-order valence-electron chi connectivity index (χ1n) is 4.78. The minimum absolute atomic E-state index is 0.826. The zero-order valence-corrected chi connectivity index (χ0v) is 8.35. The van der Waals surface area contributed by atoms with Gasteiger partial charge in [0.1, 0.15) is 31.9 Å². The fourth-order valence-electron chi connectivity index (χ4n) is 1.80. The number of nitrogens with one attached hydrogen (secondary N) is 1.